The van der Waals surface area contributed by atoms with Crippen molar-refractivity contribution in [2.24, 2.45) is 0 Å². The van der Waals surface area contributed by atoms with Gasteiger partial charge in [0.05, 0.1) is 11.2 Å². The molecule has 6 heteroatoms. The monoisotopic (exact) mass is 436 g/mol. The fourth-order valence-corrected chi connectivity index (χ4v) is 3.21. The van der Waals surface area contributed by atoms with Crippen LogP contribution in [0.15, 0.2) is 18.2 Å². The molecular weight excluding hydrogens is 404 g/mol. The molecule has 1 heterocycles. The van der Waals surface area contributed by atoms with Crippen LogP contribution in [-0.2, 0) is 53.1 Å². The zero-order valence-electron chi connectivity index (χ0n) is 17.3. The molecule has 1 saturated heterocycles. The zero-order chi connectivity index (χ0) is 18.4. The molecule has 137 valence electrons. The third-order valence-corrected chi connectivity index (χ3v) is 10.3. The van der Waals surface area contributed by atoms with E-state index in [0.29, 0.717) is 6.61 Å². The second-order valence-electron chi connectivity index (χ2n) is 9.24. The van der Waals surface area contributed by atoms with Crippen molar-refractivity contribution in [1.82, 2.24) is 0 Å². The molecule has 0 saturated carbocycles. The Bertz CT molecular complexity index is 581. The molecule has 0 spiro atoms. The summed E-state index contributed by atoms with van der Waals surface area (Å²) in [7, 11) is -2.18. The fourth-order valence-electron chi connectivity index (χ4n) is 2.27. The summed E-state index contributed by atoms with van der Waals surface area (Å²) in [5, 5.41) is 0.187. The maximum absolute atomic E-state index is 6.38. The van der Waals surface area contributed by atoms with E-state index in [1.165, 1.54) is 0 Å². The third kappa shape index (κ3) is 5.06. The van der Waals surface area contributed by atoms with Crippen LogP contribution < -0.4 is 5.46 Å². The topological polar surface area (TPSA) is 27.7 Å². The average molecular weight is 436 g/mol. The van der Waals surface area contributed by atoms with Crippen molar-refractivity contribution in [2.75, 3.05) is 0 Å². The molecule has 25 heavy (non-hydrogen) atoms. The SMILES string of the molecule is CC1(C)OB(c2ccc[c-]c2CO[Si](C)(C)C(C)(C)C)OC1(C)C.[Y]. The molecule has 0 unspecified atom stereocenters. The van der Waals surface area contributed by atoms with Crippen LogP contribution >= 0.6 is 0 Å². The molecule has 2 rings (SSSR count). The Morgan fingerprint density at radius 2 is 1.64 bits per heavy atom. The Kier molecular flexibility index (Phi) is 7.38. The van der Waals surface area contributed by atoms with Crippen LogP contribution in [0.3, 0.4) is 0 Å². The zero-order valence-corrected chi connectivity index (χ0v) is 21.2. The second kappa shape index (κ2) is 7.85. The van der Waals surface area contributed by atoms with E-state index in [1.54, 1.807) is 0 Å². The first-order valence-corrected chi connectivity index (χ1v) is 11.7. The first kappa shape index (κ1) is 23.5. The van der Waals surface area contributed by atoms with Crippen LogP contribution in [0.4, 0.5) is 0 Å². The van der Waals surface area contributed by atoms with Crippen LogP contribution in [0.25, 0.3) is 0 Å². The molecule has 1 radical (unpaired) electrons. The van der Waals surface area contributed by atoms with Gasteiger partial charge in [0.2, 0.25) is 0 Å². The third-order valence-electron chi connectivity index (χ3n) is 5.87. The molecule has 1 aromatic rings. The average Bonchev–Trinajstić information content (AvgIpc) is 2.64. The molecular formula is C19H32BO3SiY-. The van der Waals surface area contributed by atoms with Crippen molar-refractivity contribution < 1.29 is 46.4 Å². The van der Waals surface area contributed by atoms with E-state index in [-0.39, 0.29) is 56.1 Å². The van der Waals surface area contributed by atoms with Crippen LogP contribution in [0.1, 0.15) is 54.0 Å². The molecule has 1 aliphatic rings. The van der Waals surface area contributed by atoms with E-state index in [4.69, 9.17) is 13.7 Å². The summed E-state index contributed by atoms with van der Waals surface area (Å²) in [6.45, 7) is 20.1. The molecule has 0 bridgehead atoms. The number of rotatable bonds is 4. The summed E-state index contributed by atoms with van der Waals surface area (Å²) in [4.78, 5) is 0. The van der Waals surface area contributed by atoms with E-state index in [0.717, 1.165) is 11.0 Å². The maximum Gasteiger partial charge on any atom is 0.419 e. The van der Waals surface area contributed by atoms with Gasteiger partial charge in [-0.2, -0.15) is 24.3 Å². The Labute approximate surface area is 180 Å². The minimum Gasteiger partial charge on any atom is -0.415 e. The molecule has 0 atom stereocenters. The molecule has 1 aromatic carbocycles. The second-order valence-corrected chi connectivity index (χ2v) is 14.1. The van der Waals surface area contributed by atoms with Gasteiger partial charge in [0.25, 0.3) is 0 Å². The summed E-state index contributed by atoms with van der Waals surface area (Å²) in [6.07, 6.45) is 0. The minimum absolute atomic E-state index is 0. The quantitative estimate of drug-likeness (QED) is 0.521. The Balaban J connectivity index is 0.00000312. The smallest absolute Gasteiger partial charge is 0.415 e. The van der Waals surface area contributed by atoms with Crippen molar-refractivity contribution >= 4 is 20.9 Å². The van der Waals surface area contributed by atoms with Gasteiger partial charge in [-0.05, 0) is 45.8 Å². The van der Waals surface area contributed by atoms with Crippen LogP contribution in [0, 0.1) is 6.07 Å². The van der Waals surface area contributed by atoms with Gasteiger partial charge < -0.3 is 13.7 Å². The minimum atomic E-state index is -1.81. The van der Waals surface area contributed by atoms with Crippen LogP contribution in [-0.4, -0.2) is 26.6 Å². The molecule has 0 amide bonds. The number of benzene rings is 1. The Hall–Kier alpha value is 0.486. The standard InChI is InChI=1S/C19H32BO3Si.Y/c1-17(2,3)24(8,9)21-14-15-12-10-11-13-16(15)20-22-18(4,5)19(6,7)23-20;/h10-11,13H,14H2,1-9H3;/q-1;. The molecule has 1 aliphatic heterocycles. The van der Waals surface area contributed by atoms with Gasteiger partial charge in [-0.3, -0.25) is 0 Å². The number of hydrogen-bond donors (Lipinski definition) is 0. The van der Waals surface area contributed by atoms with Gasteiger partial charge in [-0.25, -0.2) is 0 Å². The summed E-state index contributed by atoms with van der Waals surface area (Å²) < 4.78 is 18.8. The Morgan fingerprint density at radius 1 is 1.12 bits per heavy atom. The molecule has 1 fully saturated rings. The van der Waals surface area contributed by atoms with E-state index >= 15 is 0 Å². The van der Waals surface area contributed by atoms with Gasteiger partial charge in [0.15, 0.2) is 8.32 Å². The summed E-state index contributed by atoms with van der Waals surface area (Å²) in [5.41, 5.74) is 1.37. The predicted octanol–water partition coefficient (Wildman–Crippen LogP) is 4.31. The van der Waals surface area contributed by atoms with Crippen molar-refractivity contribution in [1.29, 1.82) is 0 Å². The molecule has 0 aliphatic carbocycles. The van der Waals surface area contributed by atoms with Gasteiger partial charge in [-0.15, -0.1) is 11.0 Å². The van der Waals surface area contributed by atoms with E-state index in [2.05, 4.69) is 73.7 Å². The number of hydrogen-bond acceptors (Lipinski definition) is 3. The normalized spacial score (nSPS) is 19.6. The summed E-state index contributed by atoms with van der Waals surface area (Å²) >= 11 is 0. The predicted molar refractivity (Wildman–Crippen MR) is 103 cm³/mol. The molecule has 0 N–H and O–H groups in total. The van der Waals surface area contributed by atoms with Crippen molar-refractivity contribution in [3.05, 3.63) is 29.8 Å². The first-order chi connectivity index (χ1) is 10.8. The van der Waals surface area contributed by atoms with Gasteiger partial charge in [0.1, 0.15) is 0 Å². The molecule has 3 nitrogen and oxygen atoms in total. The maximum atomic E-state index is 6.38. The fraction of sp³-hybridized carbons (Fsp3) is 0.684. The molecule has 0 aromatic heterocycles. The van der Waals surface area contributed by atoms with E-state index in [9.17, 15) is 0 Å². The van der Waals surface area contributed by atoms with Crippen LogP contribution in [0.2, 0.25) is 18.1 Å². The van der Waals surface area contributed by atoms with Crippen LogP contribution in [0.5, 0.6) is 0 Å². The van der Waals surface area contributed by atoms with Crippen molar-refractivity contribution in [3.63, 3.8) is 0 Å². The van der Waals surface area contributed by atoms with Gasteiger partial charge in [-0.1, -0.05) is 20.8 Å². The van der Waals surface area contributed by atoms with Crippen molar-refractivity contribution in [2.45, 2.75) is 84.4 Å². The van der Waals surface area contributed by atoms with E-state index in [1.807, 2.05) is 12.1 Å². The van der Waals surface area contributed by atoms with E-state index < -0.39 is 8.32 Å². The first-order valence-electron chi connectivity index (χ1n) is 8.76. The largest absolute Gasteiger partial charge is 0.419 e. The summed E-state index contributed by atoms with van der Waals surface area (Å²) in [6, 6.07) is 9.30. The van der Waals surface area contributed by atoms with Gasteiger partial charge in [0, 0.05) is 39.3 Å². The Morgan fingerprint density at radius 3 is 2.12 bits per heavy atom. The summed E-state index contributed by atoms with van der Waals surface area (Å²) in [5.74, 6) is 0. The van der Waals surface area contributed by atoms with Crippen molar-refractivity contribution in [3.8, 4) is 0 Å². The van der Waals surface area contributed by atoms with Gasteiger partial charge >= 0.3 is 7.12 Å².